The molecular weight excluding hydrogens is 318 g/mol. The van der Waals surface area contributed by atoms with Crippen LogP contribution in [-0.2, 0) is 0 Å². The van der Waals surface area contributed by atoms with Crippen molar-refractivity contribution in [3.63, 3.8) is 0 Å². The van der Waals surface area contributed by atoms with Gasteiger partial charge in [-0.25, -0.2) is 0 Å². The van der Waals surface area contributed by atoms with Gasteiger partial charge in [0.05, 0.1) is 0 Å². The van der Waals surface area contributed by atoms with Gasteiger partial charge in [-0.1, -0.05) is 46.3 Å². The van der Waals surface area contributed by atoms with Gasteiger partial charge >= 0.3 is 0 Å². The molecule has 0 saturated carbocycles. The largest absolute Gasteiger partial charge is 0.309 e. The van der Waals surface area contributed by atoms with Crippen molar-refractivity contribution in [1.29, 1.82) is 0 Å². The Morgan fingerprint density at radius 1 is 1.05 bits per heavy atom. The van der Waals surface area contributed by atoms with Gasteiger partial charge in [0, 0.05) is 27.7 Å². The van der Waals surface area contributed by atoms with Crippen LogP contribution < -0.4 is 5.32 Å². The second kappa shape index (κ2) is 7.73. The summed E-state index contributed by atoms with van der Waals surface area (Å²) in [5.74, 6) is 1.09. The van der Waals surface area contributed by atoms with Crippen molar-refractivity contribution in [2.45, 2.75) is 17.9 Å². The molecule has 2 aromatic rings. The van der Waals surface area contributed by atoms with Crippen LogP contribution in [0.25, 0.3) is 0 Å². The fraction of sp³-hybridized carbons (Fsp3) is 0.250. The minimum Gasteiger partial charge on any atom is -0.309 e. The Labute approximate surface area is 127 Å². The van der Waals surface area contributed by atoms with E-state index >= 15 is 0 Å². The van der Waals surface area contributed by atoms with Crippen LogP contribution in [-0.4, -0.2) is 12.3 Å². The van der Waals surface area contributed by atoms with Crippen molar-refractivity contribution in [3.8, 4) is 0 Å². The molecule has 2 aromatic carbocycles. The third-order valence-corrected chi connectivity index (χ3v) is 4.48. The molecule has 1 atom stereocenters. The SMILES string of the molecule is C[C@H](NCCSc1ccccc1)c1ccc(Br)cc1. The van der Waals surface area contributed by atoms with Crippen LogP contribution in [0.5, 0.6) is 0 Å². The Morgan fingerprint density at radius 3 is 2.42 bits per heavy atom. The van der Waals surface area contributed by atoms with E-state index in [1.54, 1.807) is 0 Å². The van der Waals surface area contributed by atoms with E-state index < -0.39 is 0 Å². The summed E-state index contributed by atoms with van der Waals surface area (Å²) in [6, 6.07) is 19.4. The van der Waals surface area contributed by atoms with Gasteiger partial charge in [-0.15, -0.1) is 11.8 Å². The van der Waals surface area contributed by atoms with Gasteiger partial charge in [-0.05, 0) is 36.8 Å². The smallest absolute Gasteiger partial charge is 0.0292 e. The van der Waals surface area contributed by atoms with Crippen molar-refractivity contribution in [1.82, 2.24) is 5.32 Å². The number of nitrogens with one attached hydrogen (secondary N) is 1. The summed E-state index contributed by atoms with van der Waals surface area (Å²) < 4.78 is 1.13. The van der Waals surface area contributed by atoms with E-state index in [2.05, 4.69) is 82.8 Å². The molecule has 0 radical (unpaired) electrons. The first-order chi connectivity index (χ1) is 9.25. The average Bonchev–Trinajstić information content (AvgIpc) is 2.45. The summed E-state index contributed by atoms with van der Waals surface area (Å²) in [6.45, 7) is 3.22. The van der Waals surface area contributed by atoms with Gasteiger partial charge in [0.15, 0.2) is 0 Å². The number of thioether (sulfide) groups is 1. The van der Waals surface area contributed by atoms with Crippen LogP contribution in [0.2, 0.25) is 0 Å². The molecule has 19 heavy (non-hydrogen) atoms. The standard InChI is InChI=1S/C16H18BrNS/c1-13(14-7-9-15(17)10-8-14)18-11-12-19-16-5-3-2-4-6-16/h2-10,13,18H,11-12H2,1H3/t13-/m0/s1. The molecule has 0 amide bonds. The second-order valence-corrected chi connectivity index (χ2v) is 6.47. The molecule has 0 aromatic heterocycles. The van der Waals surface area contributed by atoms with Gasteiger partial charge in [-0.3, -0.25) is 0 Å². The summed E-state index contributed by atoms with van der Waals surface area (Å²) in [5.41, 5.74) is 1.33. The van der Waals surface area contributed by atoms with E-state index in [9.17, 15) is 0 Å². The van der Waals surface area contributed by atoms with Gasteiger partial charge in [0.1, 0.15) is 0 Å². The molecule has 0 aliphatic carbocycles. The lowest BCUT2D eigenvalue weighted by Crippen LogP contribution is -2.21. The van der Waals surface area contributed by atoms with Gasteiger partial charge in [0.25, 0.3) is 0 Å². The van der Waals surface area contributed by atoms with E-state index in [0.29, 0.717) is 6.04 Å². The molecule has 0 fully saturated rings. The molecule has 1 nitrogen and oxygen atoms in total. The number of benzene rings is 2. The van der Waals surface area contributed by atoms with E-state index in [1.165, 1.54) is 10.5 Å². The minimum atomic E-state index is 0.393. The number of hydrogen-bond donors (Lipinski definition) is 1. The molecule has 0 saturated heterocycles. The van der Waals surface area contributed by atoms with E-state index in [1.807, 2.05) is 11.8 Å². The van der Waals surface area contributed by atoms with Crippen LogP contribution in [0.15, 0.2) is 64.0 Å². The molecule has 2 rings (SSSR count). The highest BCUT2D eigenvalue weighted by Crippen LogP contribution is 2.18. The summed E-state index contributed by atoms with van der Waals surface area (Å²) in [5, 5.41) is 3.55. The quantitative estimate of drug-likeness (QED) is 0.595. The van der Waals surface area contributed by atoms with Crippen molar-refractivity contribution in [2.24, 2.45) is 0 Å². The number of hydrogen-bond acceptors (Lipinski definition) is 2. The molecule has 0 spiro atoms. The molecule has 3 heteroatoms. The van der Waals surface area contributed by atoms with Crippen LogP contribution in [0.3, 0.4) is 0 Å². The fourth-order valence-corrected chi connectivity index (χ4v) is 2.90. The molecule has 1 N–H and O–H groups in total. The molecule has 0 aliphatic rings. The predicted molar refractivity (Wildman–Crippen MR) is 87.7 cm³/mol. The van der Waals surface area contributed by atoms with E-state index in [0.717, 1.165) is 16.8 Å². The maximum atomic E-state index is 3.55. The first kappa shape index (κ1) is 14.6. The first-order valence-corrected chi connectivity index (χ1v) is 8.20. The molecular formula is C16H18BrNS. The summed E-state index contributed by atoms with van der Waals surface area (Å²) in [7, 11) is 0. The first-order valence-electron chi connectivity index (χ1n) is 6.42. The monoisotopic (exact) mass is 335 g/mol. The lowest BCUT2D eigenvalue weighted by molar-refractivity contribution is 0.601. The highest BCUT2D eigenvalue weighted by Gasteiger charge is 2.03. The van der Waals surface area contributed by atoms with Crippen molar-refractivity contribution in [3.05, 3.63) is 64.6 Å². The van der Waals surface area contributed by atoms with Crippen molar-refractivity contribution < 1.29 is 0 Å². The van der Waals surface area contributed by atoms with Gasteiger partial charge in [-0.2, -0.15) is 0 Å². The third kappa shape index (κ3) is 5.01. The van der Waals surface area contributed by atoms with Gasteiger partial charge < -0.3 is 5.32 Å². The maximum Gasteiger partial charge on any atom is 0.0292 e. The Kier molecular flexibility index (Phi) is 5.95. The average molecular weight is 336 g/mol. The predicted octanol–water partition coefficient (Wildman–Crippen LogP) is 4.89. The number of halogens is 1. The van der Waals surface area contributed by atoms with Crippen LogP contribution >= 0.6 is 27.7 Å². The molecule has 0 heterocycles. The van der Waals surface area contributed by atoms with Crippen molar-refractivity contribution >= 4 is 27.7 Å². The topological polar surface area (TPSA) is 12.0 Å². The minimum absolute atomic E-state index is 0.393. The van der Waals surface area contributed by atoms with E-state index in [-0.39, 0.29) is 0 Å². The maximum absolute atomic E-state index is 3.55. The van der Waals surface area contributed by atoms with Crippen LogP contribution in [0, 0.1) is 0 Å². The number of rotatable bonds is 6. The van der Waals surface area contributed by atoms with Crippen LogP contribution in [0.4, 0.5) is 0 Å². The Morgan fingerprint density at radius 2 is 1.74 bits per heavy atom. The lowest BCUT2D eigenvalue weighted by Gasteiger charge is -2.14. The Balaban J connectivity index is 1.72. The lowest BCUT2D eigenvalue weighted by atomic mass is 10.1. The summed E-state index contributed by atoms with van der Waals surface area (Å²) in [6.07, 6.45) is 0. The zero-order valence-electron chi connectivity index (χ0n) is 11.0. The Bertz CT molecular complexity index is 484. The molecule has 0 unspecified atom stereocenters. The molecule has 100 valence electrons. The molecule has 0 bridgehead atoms. The van der Waals surface area contributed by atoms with Crippen LogP contribution in [0.1, 0.15) is 18.5 Å². The highest BCUT2D eigenvalue weighted by molar-refractivity contribution is 9.10. The molecule has 0 aliphatic heterocycles. The normalized spacial score (nSPS) is 12.3. The van der Waals surface area contributed by atoms with E-state index in [4.69, 9.17) is 0 Å². The summed E-state index contributed by atoms with van der Waals surface area (Å²) in [4.78, 5) is 1.33. The second-order valence-electron chi connectivity index (χ2n) is 4.39. The third-order valence-electron chi connectivity index (χ3n) is 2.93. The van der Waals surface area contributed by atoms with Crippen molar-refractivity contribution in [2.75, 3.05) is 12.3 Å². The van der Waals surface area contributed by atoms with Gasteiger partial charge in [0.2, 0.25) is 0 Å². The zero-order chi connectivity index (χ0) is 13.5. The fourth-order valence-electron chi connectivity index (χ4n) is 1.83. The Hall–Kier alpha value is -0.770. The zero-order valence-corrected chi connectivity index (χ0v) is 13.4. The highest BCUT2D eigenvalue weighted by atomic mass is 79.9. The summed E-state index contributed by atoms with van der Waals surface area (Å²) >= 11 is 5.35.